The fourth-order valence-electron chi connectivity index (χ4n) is 6.87. The number of aromatic nitrogens is 2. The van der Waals surface area contributed by atoms with Gasteiger partial charge in [0.15, 0.2) is 0 Å². The number of benzene rings is 1. The average molecular weight is 849 g/mol. The van der Waals surface area contributed by atoms with E-state index in [0.717, 1.165) is 50.5 Å². The maximum absolute atomic E-state index is 14.0. The Morgan fingerprint density at radius 3 is 1.91 bits per heavy atom. The molecule has 2 amide bonds. The van der Waals surface area contributed by atoms with Gasteiger partial charge < -0.3 is 30.6 Å². The number of nitrogens with one attached hydrogen (secondary N) is 2. The summed E-state index contributed by atoms with van der Waals surface area (Å²) in [5.74, 6) is -3.66. The molecule has 2 aromatic rings. The lowest BCUT2D eigenvalue weighted by Crippen LogP contribution is -2.41. The summed E-state index contributed by atoms with van der Waals surface area (Å²) in [5.41, 5.74) is 7.84. The van der Waals surface area contributed by atoms with Crippen molar-refractivity contribution in [1.82, 2.24) is 19.2 Å². The minimum Gasteiger partial charge on any atom is -0.475 e. The normalized spacial score (nSPS) is 22.2. The quantitative estimate of drug-likeness (QED) is 0.219. The van der Waals surface area contributed by atoms with Crippen LogP contribution in [0.4, 0.5) is 36.8 Å². The number of carbonyl (C=O) groups excluding carboxylic acids is 2. The van der Waals surface area contributed by atoms with E-state index in [1.807, 2.05) is 17.0 Å². The minimum absolute atomic E-state index is 0.0270. The van der Waals surface area contributed by atoms with E-state index in [1.165, 1.54) is 13.4 Å². The lowest BCUT2D eigenvalue weighted by atomic mass is 9.81. The molecule has 3 aliphatic rings. The van der Waals surface area contributed by atoms with Crippen LogP contribution in [-0.2, 0) is 29.1 Å². The maximum Gasteiger partial charge on any atom is 0.490 e. The average Bonchev–Trinajstić information content (AvgIpc) is 3.75. The van der Waals surface area contributed by atoms with E-state index < -0.39 is 40.4 Å². The number of alkyl halides is 6. The number of carboxylic acid groups (broad SMARTS) is 2. The van der Waals surface area contributed by atoms with E-state index in [4.69, 9.17) is 42.1 Å². The van der Waals surface area contributed by atoms with Crippen LogP contribution in [0.2, 0.25) is 5.15 Å². The third-order valence-electron chi connectivity index (χ3n) is 9.85. The number of piperidine rings is 1. The van der Waals surface area contributed by atoms with Gasteiger partial charge in [0.05, 0.1) is 19.4 Å². The van der Waals surface area contributed by atoms with Crippen molar-refractivity contribution in [2.75, 3.05) is 44.9 Å². The number of carbonyl (C=O) groups is 4. The molecule has 5 rings (SSSR count). The number of hydrogen-bond donors (Lipinski definition) is 5. The number of sulfonamides is 1. The highest BCUT2D eigenvalue weighted by Gasteiger charge is 2.44. The Kier molecular flexibility index (Phi) is 16.0. The predicted molar refractivity (Wildman–Crippen MR) is 189 cm³/mol. The third kappa shape index (κ3) is 12.9. The van der Waals surface area contributed by atoms with Gasteiger partial charge >= 0.3 is 30.4 Å². The Bertz CT molecular complexity index is 1760. The second-order valence-corrected chi connectivity index (χ2v) is 15.9. The zero-order valence-electron chi connectivity index (χ0n) is 30.2. The highest BCUT2D eigenvalue weighted by Crippen LogP contribution is 2.44. The molecule has 15 nitrogen and oxygen atoms in total. The van der Waals surface area contributed by atoms with Gasteiger partial charge in [0, 0.05) is 36.8 Å². The Morgan fingerprint density at radius 1 is 0.946 bits per heavy atom. The number of imidazole rings is 1. The predicted octanol–water partition coefficient (Wildman–Crippen LogP) is 5.50. The molecule has 23 heteroatoms. The molecule has 0 bridgehead atoms. The standard InChI is InChI=1S/C29H41ClN6O5S.2C2HF3O2/c1-41-29(38)32-23-9-7-20(8-10-23)25-26(30)34-27(33-25)24-15-22(19-11-13-35(14-12-19)42(2,39)40)17-36(24)28(37)21-5-3-18(16-31)4-6-21;2*3-2(4,5)1(6)7/h7-10,18-19,21-22,24H,3-6,11-17,31H2,1-2H3,(H,32,38)(H,33,34);2*(H,6,7)/t18?,21?,22-,24-;;/m0../s1. The number of amides is 2. The number of aliphatic carboxylic acids is 2. The molecule has 0 spiro atoms. The monoisotopic (exact) mass is 848 g/mol. The molecule has 2 saturated heterocycles. The molecule has 6 N–H and O–H groups in total. The van der Waals surface area contributed by atoms with Crippen LogP contribution in [0.3, 0.4) is 0 Å². The van der Waals surface area contributed by atoms with E-state index in [1.54, 1.807) is 16.4 Å². The van der Waals surface area contributed by atoms with Crippen LogP contribution in [0.25, 0.3) is 11.3 Å². The number of nitrogens with zero attached hydrogens (tertiary/aromatic N) is 3. The van der Waals surface area contributed by atoms with E-state index in [9.17, 15) is 44.3 Å². The van der Waals surface area contributed by atoms with E-state index >= 15 is 0 Å². The van der Waals surface area contributed by atoms with Crippen LogP contribution in [0, 0.1) is 23.7 Å². The van der Waals surface area contributed by atoms with Crippen LogP contribution in [-0.4, -0.2) is 114 Å². The van der Waals surface area contributed by atoms with Gasteiger partial charge in [-0.2, -0.15) is 26.3 Å². The molecule has 2 atom stereocenters. The van der Waals surface area contributed by atoms with Crippen LogP contribution in [0.1, 0.15) is 56.8 Å². The first-order chi connectivity index (χ1) is 26.0. The number of rotatable bonds is 7. The van der Waals surface area contributed by atoms with Crippen LogP contribution in [0.15, 0.2) is 24.3 Å². The first kappa shape index (κ1) is 46.2. The Balaban J connectivity index is 0.000000512. The van der Waals surface area contributed by atoms with Crippen molar-refractivity contribution in [3.8, 4) is 11.3 Å². The molecule has 2 aliphatic heterocycles. The van der Waals surface area contributed by atoms with E-state index in [-0.39, 0.29) is 23.8 Å². The van der Waals surface area contributed by atoms with Gasteiger partial charge in [0.1, 0.15) is 16.7 Å². The summed E-state index contributed by atoms with van der Waals surface area (Å²) in [5, 5.41) is 17.3. The van der Waals surface area contributed by atoms with Gasteiger partial charge in [-0.15, -0.1) is 0 Å². The summed E-state index contributed by atoms with van der Waals surface area (Å²) in [6, 6.07) is 6.90. The van der Waals surface area contributed by atoms with Gasteiger partial charge in [-0.3, -0.25) is 10.1 Å². The molecular formula is C33H43ClF6N6O9S. The Hall–Kier alpha value is -4.15. The van der Waals surface area contributed by atoms with Crippen LogP contribution >= 0.6 is 11.6 Å². The number of carboxylic acids is 2. The van der Waals surface area contributed by atoms with Crippen molar-refractivity contribution in [3.05, 3.63) is 35.2 Å². The highest BCUT2D eigenvalue weighted by molar-refractivity contribution is 7.88. The van der Waals surface area contributed by atoms with Gasteiger partial charge in [0.2, 0.25) is 15.9 Å². The van der Waals surface area contributed by atoms with Gasteiger partial charge in [0.25, 0.3) is 0 Å². The molecule has 0 radical (unpaired) electrons. The lowest BCUT2D eigenvalue weighted by molar-refractivity contribution is -0.193. The first-order valence-electron chi connectivity index (χ1n) is 17.2. The molecule has 1 saturated carbocycles. The smallest absolute Gasteiger partial charge is 0.475 e. The van der Waals surface area contributed by atoms with Crippen molar-refractivity contribution < 1.29 is 68.9 Å². The molecule has 3 heterocycles. The maximum atomic E-state index is 14.0. The number of methoxy groups -OCH3 is 1. The number of aromatic amines is 1. The molecular weight excluding hydrogens is 806 g/mol. The number of anilines is 1. The van der Waals surface area contributed by atoms with Crippen molar-refractivity contribution in [2.45, 2.75) is 63.3 Å². The van der Waals surface area contributed by atoms with Gasteiger partial charge in [-0.1, -0.05) is 23.7 Å². The molecule has 3 fully saturated rings. The highest BCUT2D eigenvalue weighted by atomic mass is 35.5. The molecule has 1 aromatic heterocycles. The van der Waals surface area contributed by atoms with Crippen molar-refractivity contribution in [2.24, 2.45) is 29.4 Å². The van der Waals surface area contributed by atoms with Crippen molar-refractivity contribution >= 4 is 51.3 Å². The number of likely N-dealkylation sites (tertiary alicyclic amines) is 1. The summed E-state index contributed by atoms with van der Waals surface area (Å²) >= 11 is 6.67. The summed E-state index contributed by atoms with van der Waals surface area (Å²) in [6.07, 6.45) is -3.52. The number of H-pyrrole nitrogens is 1. The minimum atomic E-state index is -5.08. The van der Waals surface area contributed by atoms with Crippen LogP contribution < -0.4 is 11.1 Å². The fraction of sp³-hybridized carbons (Fsp3) is 0.606. The second-order valence-electron chi connectivity index (χ2n) is 13.5. The first-order valence-corrected chi connectivity index (χ1v) is 19.4. The molecule has 56 heavy (non-hydrogen) atoms. The molecule has 0 unspecified atom stereocenters. The summed E-state index contributed by atoms with van der Waals surface area (Å²) < 4.78 is 93.8. The van der Waals surface area contributed by atoms with Crippen molar-refractivity contribution in [1.29, 1.82) is 0 Å². The number of ether oxygens (including phenoxy) is 1. The topological polar surface area (TPSA) is 225 Å². The van der Waals surface area contributed by atoms with E-state index in [2.05, 4.69) is 15.0 Å². The molecule has 314 valence electrons. The largest absolute Gasteiger partial charge is 0.490 e. The fourth-order valence-corrected chi connectivity index (χ4v) is 7.99. The van der Waals surface area contributed by atoms with E-state index in [0.29, 0.717) is 60.4 Å². The Morgan fingerprint density at radius 2 is 1.46 bits per heavy atom. The molecule has 1 aromatic carbocycles. The van der Waals surface area contributed by atoms with Gasteiger partial charge in [-0.25, -0.2) is 32.1 Å². The number of hydrogen-bond acceptors (Lipinski definition) is 9. The van der Waals surface area contributed by atoms with Gasteiger partial charge in [-0.05, 0) is 81.4 Å². The SMILES string of the molecule is COC(=O)Nc1ccc(-c2nc([C@@H]3C[C@H](C4CCN(S(C)(=O)=O)CC4)CN3C(=O)C3CCC(CN)CC3)[nH]c2Cl)cc1.O=C(O)C(F)(F)F.O=C(O)C(F)(F)F. The zero-order chi connectivity index (χ0) is 42.2. The summed E-state index contributed by atoms with van der Waals surface area (Å²) in [6.45, 7) is 2.32. The molecule has 1 aliphatic carbocycles. The lowest BCUT2D eigenvalue weighted by Gasteiger charge is -2.34. The van der Waals surface area contributed by atoms with Crippen LogP contribution in [0.5, 0.6) is 0 Å². The third-order valence-corrected chi connectivity index (χ3v) is 11.4. The number of nitrogens with two attached hydrogens (primary N) is 1. The number of halogens is 7. The second kappa shape index (κ2) is 19.3. The zero-order valence-corrected chi connectivity index (χ0v) is 31.8. The Labute approximate surface area is 322 Å². The summed E-state index contributed by atoms with van der Waals surface area (Å²) in [7, 11) is -1.90. The summed E-state index contributed by atoms with van der Waals surface area (Å²) in [4.78, 5) is 53.5. The van der Waals surface area contributed by atoms with Crippen molar-refractivity contribution in [3.63, 3.8) is 0 Å².